The highest BCUT2D eigenvalue weighted by Gasteiger charge is 2.16. The van der Waals surface area contributed by atoms with E-state index >= 15 is 0 Å². The molecular formula is C16H15FN2O5S. The number of ketones is 1. The van der Waals surface area contributed by atoms with Gasteiger partial charge in [-0.25, -0.2) is 12.8 Å². The molecular weight excluding hydrogens is 351 g/mol. The number of carbonyl (C=O) groups is 2. The normalized spacial score (nSPS) is 11.0. The van der Waals surface area contributed by atoms with E-state index in [1.54, 1.807) is 0 Å². The van der Waals surface area contributed by atoms with Crippen molar-refractivity contribution >= 4 is 21.7 Å². The molecule has 7 nitrogen and oxygen atoms in total. The molecule has 0 atom stereocenters. The lowest BCUT2D eigenvalue weighted by atomic mass is 10.2. The first kappa shape index (κ1) is 18.6. The van der Waals surface area contributed by atoms with Gasteiger partial charge in [-0.05, 0) is 31.2 Å². The Hall–Kier alpha value is -2.78. The number of ether oxygens (including phenoxy) is 1. The molecule has 25 heavy (non-hydrogen) atoms. The topological polar surface area (TPSA) is 102 Å². The number of carbonyl (C=O) groups excluding carboxylic acids is 2. The van der Waals surface area contributed by atoms with Crippen LogP contribution >= 0.6 is 0 Å². The largest absolute Gasteiger partial charge is 0.484 e. The molecule has 0 fully saturated rings. The van der Waals surface area contributed by atoms with Crippen molar-refractivity contribution in [2.75, 3.05) is 6.61 Å². The summed E-state index contributed by atoms with van der Waals surface area (Å²) >= 11 is 0. The first-order valence-corrected chi connectivity index (χ1v) is 8.56. The summed E-state index contributed by atoms with van der Waals surface area (Å²) in [6.07, 6.45) is 0. The summed E-state index contributed by atoms with van der Waals surface area (Å²) in [6.45, 7) is 0.796. The minimum atomic E-state index is -4.05. The van der Waals surface area contributed by atoms with E-state index in [4.69, 9.17) is 4.74 Å². The van der Waals surface area contributed by atoms with E-state index in [1.165, 1.54) is 49.4 Å². The number of benzene rings is 2. The van der Waals surface area contributed by atoms with Gasteiger partial charge < -0.3 is 4.74 Å². The highest BCUT2D eigenvalue weighted by molar-refractivity contribution is 7.89. The number of Topliss-reactive ketones (excluding diaryl/α,β-unsaturated/α-hetero) is 1. The molecule has 9 heteroatoms. The first-order valence-electron chi connectivity index (χ1n) is 7.08. The first-order chi connectivity index (χ1) is 11.8. The van der Waals surface area contributed by atoms with E-state index in [0.717, 1.165) is 6.07 Å². The Kier molecular flexibility index (Phi) is 5.84. The van der Waals surface area contributed by atoms with Gasteiger partial charge in [0.05, 0.1) is 4.90 Å². The quantitative estimate of drug-likeness (QED) is 0.570. The molecule has 0 aromatic heterocycles. The molecule has 2 N–H and O–H groups in total. The molecule has 0 saturated heterocycles. The van der Waals surface area contributed by atoms with Crippen LogP contribution in [-0.4, -0.2) is 26.7 Å². The molecule has 2 rings (SSSR count). The van der Waals surface area contributed by atoms with Gasteiger partial charge in [0, 0.05) is 11.6 Å². The highest BCUT2D eigenvalue weighted by Crippen LogP contribution is 2.12. The molecule has 0 radical (unpaired) electrons. The molecule has 0 saturated carbocycles. The molecule has 0 aliphatic rings. The Morgan fingerprint density at radius 1 is 1.12 bits per heavy atom. The van der Waals surface area contributed by atoms with Gasteiger partial charge in [0.1, 0.15) is 11.6 Å². The van der Waals surface area contributed by atoms with Crippen molar-refractivity contribution < 1.29 is 27.1 Å². The SMILES string of the molecule is CC(=O)c1cccc(S(=O)(=O)NNC(=O)COc2cccc(F)c2)c1. The van der Waals surface area contributed by atoms with E-state index in [2.05, 4.69) is 0 Å². The molecule has 2 aromatic rings. The average molecular weight is 366 g/mol. The number of hydrogen-bond donors (Lipinski definition) is 2. The standard InChI is InChI=1S/C16H15FN2O5S/c1-11(20)12-4-2-7-15(8-12)25(22,23)19-18-16(21)10-24-14-6-3-5-13(17)9-14/h2-9,19H,10H2,1H3,(H,18,21). The van der Waals surface area contributed by atoms with Gasteiger partial charge in [0.15, 0.2) is 12.4 Å². The molecule has 0 unspecified atom stereocenters. The van der Waals surface area contributed by atoms with Crippen molar-refractivity contribution in [3.8, 4) is 5.75 Å². The maximum Gasteiger partial charge on any atom is 0.272 e. The smallest absolute Gasteiger partial charge is 0.272 e. The number of hydrazine groups is 1. The number of halogens is 1. The molecule has 0 bridgehead atoms. The molecule has 2 aromatic carbocycles. The summed E-state index contributed by atoms with van der Waals surface area (Å²) in [6, 6.07) is 10.5. The van der Waals surface area contributed by atoms with Crippen molar-refractivity contribution in [1.29, 1.82) is 0 Å². The fourth-order valence-corrected chi connectivity index (χ4v) is 2.71. The Bertz CT molecular complexity index is 899. The van der Waals surface area contributed by atoms with Gasteiger partial charge in [-0.15, -0.1) is 4.83 Å². The van der Waals surface area contributed by atoms with Gasteiger partial charge in [-0.1, -0.05) is 18.2 Å². The summed E-state index contributed by atoms with van der Waals surface area (Å²) in [5.41, 5.74) is 2.20. The second-order valence-corrected chi connectivity index (χ2v) is 6.67. The van der Waals surface area contributed by atoms with Crippen LogP contribution in [0.5, 0.6) is 5.75 Å². The average Bonchev–Trinajstić information content (AvgIpc) is 2.58. The van der Waals surface area contributed by atoms with Crippen molar-refractivity contribution in [3.63, 3.8) is 0 Å². The molecule has 1 amide bonds. The lowest BCUT2D eigenvalue weighted by Crippen LogP contribution is -2.43. The summed E-state index contributed by atoms with van der Waals surface area (Å²) in [7, 11) is -4.05. The Labute approximate surface area is 143 Å². The van der Waals surface area contributed by atoms with Gasteiger partial charge in [0.25, 0.3) is 15.9 Å². The second kappa shape index (κ2) is 7.86. The lowest BCUT2D eigenvalue weighted by Gasteiger charge is -2.10. The minimum absolute atomic E-state index is 0.132. The zero-order valence-corrected chi connectivity index (χ0v) is 14.0. The number of amides is 1. The van der Waals surface area contributed by atoms with E-state index in [-0.39, 0.29) is 22.0 Å². The van der Waals surface area contributed by atoms with Crippen LogP contribution in [0.3, 0.4) is 0 Å². The van der Waals surface area contributed by atoms with E-state index in [0.29, 0.717) is 0 Å². The summed E-state index contributed by atoms with van der Waals surface area (Å²) < 4.78 is 42.2. The third-order valence-corrected chi connectivity index (χ3v) is 4.29. The molecule has 0 heterocycles. The van der Waals surface area contributed by atoms with Gasteiger partial charge in [0.2, 0.25) is 0 Å². The highest BCUT2D eigenvalue weighted by atomic mass is 32.2. The van der Waals surface area contributed by atoms with Crippen LogP contribution in [-0.2, 0) is 14.8 Å². The van der Waals surface area contributed by atoms with Crippen LogP contribution in [0.2, 0.25) is 0 Å². The maximum absolute atomic E-state index is 13.0. The molecule has 0 aliphatic heterocycles. The maximum atomic E-state index is 13.0. The zero-order chi connectivity index (χ0) is 18.4. The van der Waals surface area contributed by atoms with Crippen molar-refractivity contribution in [2.24, 2.45) is 0 Å². The number of nitrogens with one attached hydrogen (secondary N) is 2. The van der Waals surface area contributed by atoms with Gasteiger partial charge >= 0.3 is 0 Å². The van der Waals surface area contributed by atoms with Crippen LogP contribution in [0, 0.1) is 5.82 Å². The fourth-order valence-electron chi connectivity index (χ4n) is 1.81. The van der Waals surface area contributed by atoms with Crippen molar-refractivity contribution in [3.05, 3.63) is 59.9 Å². The third kappa shape index (κ3) is 5.37. The number of hydrogen-bond acceptors (Lipinski definition) is 5. The summed E-state index contributed by atoms with van der Waals surface area (Å²) in [5.74, 6) is -1.46. The molecule has 0 aliphatic carbocycles. The monoisotopic (exact) mass is 366 g/mol. The van der Waals surface area contributed by atoms with Crippen LogP contribution in [0.15, 0.2) is 53.4 Å². The fraction of sp³-hybridized carbons (Fsp3) is 0.125. The summed E-state index contributed by atoms with van der Waals surface area (Å²) in [4.78, 5) is 24.7. The van der Waals surface area contributed by atoms with Gasteiger partial charge in [-0.2, -0.15) is 0 Å². The van der Waals surface area contributed by atoms with Crippen LogP contribution < -0.4 is 15.0 Å². The lowest BCUT2D eigenvalue weighted by molar-refractivity contribution is -0.123. The number of sulfonamides is 1. The van der Waals surface area contributed by atoms with Crippen LogP contribution in [0.1, 0.15) is 17.3 Å². The van der Waals surface area contributed by atoms with Crippen LogP contribution in [0.4, 0.5) is 4.39 Å². The Balaban J connectivity index is 1.94. The third-order valence-electron chi connectivity index (χ3n) is 3.04. The van der Waals surface area contributed by atoms with Crippen molar-refractivity contribution in [1.82, 2.24) is 10.3 Å². The minimum Gasteiger partial charge on any atom is -0.484 e. The van der Waals surface area contributed by atoms with Crippen molar-refractivity contribution in [2.45, 2.75) is 11.8 Å². The van der Waals surface area contributed by atoms with E-state index in [1.807, 2.05) is 10.3 Å². The molecule has 0 spiro atoms. The van der Waals surface area contributed by atoms with E-state index in [9.17, 15) is 22.4 Å². The van der Waals surface area contributed by atoms with E-state index < -0.39 is 28.4 Å². The zero-order valence-electron chi connectivity index (χ0n) is 13.2. The molecule has 132 valence electrons. The number of rotatable bonds is 7. The van der Waals surface area contributed by atoms with Gasteiger partial charge in [-0.3, -0.25) is 15.0 Å². The Morgan fingerprint density at radius 3 is 2.52 bits per heavy atom. The predicted molar refractivity (Wildman–Crippen MR) is 86.8 cm³/mol. The van der Waals surface area contributed by atoms with Crippen LogP contribution in [0.25, 0.3) is 0 Å². The predicted octanol–water partition coefficient (Wildman–Crippen LogP) is 1.42. The summed E-state index contributed by atoms with van der Waals surface area (Å²) in [5, 5.41) is 0. The Morgan fingerprint density at radius 2 is 1.84 bits per heavy atom. The second-order valence-electron chi connectivity index (χ2n) is 4.98.